The van der Waals surface area contributed by atoms with E-state index in [1.807, 2.05) is 146 Å². The van der Waals surface area contributed by atoms with Gasteiger partial charge >= 0.3 is 46.1 Å². The van der Waals surface area contributed by atoms with Crippen molar-refractivity contribution in [3.05, 3.63) is 308 Å². The van der Waals surface area contributed by atoms with Crippen LogP contribution in [0.4, 0.5) is 0 Å². The van der Waals surface area contributed by atoms with E-state index in [4.69, 9.17) is 0 Å². The van der Waals surface area contributed by atoms with Crippen LogP contribution in [0.3, 0.4) is 0 Å². The summed E-state index contributed by atoms with van der Waals surface area (Å²) in [5.41, 5.74) is 10.2. The van der Waals surface area contributed by atoms with E-state index in [1.165, 1.54) is 44.5 Å². The molecule has 62 heavy (non-hydrogen) atoms. The van der Waals surface area contributed by atoms with Gasteiger partial charge in [-0.2, -0.15) is 0 Å². The van der Waals surface area contributed by atoms with Gasteiger partial charge in [0.1, 0.15) is 0 Å². The largest absolute Gasteiger partial charge is 2.00 e. The van der Waals surface area contributed by atoms with Gasteiger partial charge in [-0.25, -0.2) is 0 Å². The average Bonchev–Trinajstić information content (AvgIpc) is 3.33. The minimum absolute atomic E-state index is 0. The molecule has 0 radical (unpaired) electrons. The van der Waals surface area contributed by atoms with Crippen LogP contribution in [-0.4, -0.2) is 46.1 Å². The molecule has 0 bridgehead atoms. The van der Waals surface area contributed by atoms with Gasteiger partial charge in [0.25, 0.3) is 0 Å². The molecule has 8 rings (SSSR count). The topological polar surface area (TPSA) is 56.4 Å². The maximum absolute atomic E-state index is 4.51. The van der Waals surface area contributed by atoms with Crippen molar-refractivity contribution in [2.45, 2.75) is 52.4 Å². The molecule has 0 spiro atoms. The molecule has 0 aliphatic heterocycles. The predicted molar refractivity (Wildman–Crippen MR) is 266 cm³/mol. The van der Waals surface area contributed by atoms with Gasteiger partial charge in [0.05, 0.1) is 0 Å². The second kappa shape index (κ2) is 33.7. The van der Waals surface area contributed by atoms with Crippen LogP contribution in [0.2, 0.25) is 0 Å². The molecular formula is C56H56Mg2N4. The first kappa shape index (κ1) is 51.5. The van der Waals surface area contributed by atoms with Crippen molar-refractivity contribution in [1.29, 1.82) is 0 Å². The monoisotopic (exact) mass is 832 g/mol. The number of hydrogen-bond donors (Lipinski definition) is 0. The van der Waals surface area contributed by atoms with Crippen LogP contribution in [0.5, 0.6) is 0 Å². The number of hydrogen-bond acceptors (Lipinski definition) is 0. The minimum Gasteiger partial charge on any atom is -0.655 e. The quantitative estimate of drug-likeness (QED) is 0.0871. The Kier molecular flexibility index (Phi) is 28.0. The van der Waals surface area contributed by atoms with E-state index < -0.39 is 0 Å². The Bertz CT molecular complexity index is 1700. The predicted octanol–water partition coefficient (Wildman–Crippen LogP) is 14.3. The van der Waals surface area contributed by atoms with Gasteiger partial charge in [0.2, 0.25) is 0 Å². The summed E-state index contributed by atoms with van der Waals surface area (Å²) < 4.78 is 0. The third-order valence-electron chi connectivity index (χ3n) is 9.10. The zero-order valence-electron chi connectivity index (χ0n) is 36.0. The van der Waals surface area contributed by atoms with Gasteiger partial charge in [-0.15, -0.1) is 52.4 Å². The molecule has 0 N–H and O–H groups in total. The summed E-state index contributed by atoms with van der Waals surface area (Å²) in [7, 11) is 0. The molecule has 0 aliphatic rings. The first-order valence-electron chi connectivity index (χ1n) is 20.6. The molecule has 0 unspecified atom stereocenters. The second-order valence-electron chi connectivity index (χ2n) is 14.0. The molecule has 6 heteroatoms. The molecule has 8 aromatic rings. The van der Waals surface area contributed by atoms with E-state index >= 15 is 0 Å². The molecule has 0 heterocycles. The zero-order chi connectivity index (χ0) is 41.4. The van der Waals surface area contributed by atoms with Crippen molar-refractivity contribution < 1.29 is 0 Å². The van der Waals surface area contributed by atoms with E-state index in [0.717, 1.165) is 52.4 Å². The van der Waals surface area contributed by atoms with E-state index in [0.29, 0.717) is 0 Å². The Morgan fingerprint density at radius 3 is 0.355 bits per heavy atom. The first-order chi connectivity index (χ1) is 29.8. The Labute approximate surface area is 404 Å². The Balaban J connectivity index is 0.000000218. The molecule has 4 nitrogen and oxygen atoms in total. The molecule has 0 amide bonds. The standard InChI is InChI=1S/4C14H14N.2Mg/c4*1-3-7-13(8-4-1)11-15-12-14-9-5-2-6-10-14;;/h4*1-10H,11-12H2;;/q4*-1;2*+2. The van der Waals surface area contributed by atoms with Crippen LogP contribution in [0.1, 0.15) is 44.5 Å². The van der Waals surface area contributed by atoms with Crippen LogP contribution in [0, 0.1) is 0 Å². The third kappa shape index (κ3) is 23.4. The van der Waals surface area contributed by atoms with Crippen molar-refractivity contribution in [1.82, 2.24) is 0 Å². The summed E-state index contributed by atoms with van der Waals surface area (Å²) in [4.78, 5) is 0. The molecule has 0 saturated heterocycles. The van der Waals surface area contributed by atoms with Crippen LogP contribution in [0.25, 0.3) is 21.3 Å². The summed E-state index contributed by atoms with van der Waals surface area (Å²) in [6.45, 7) is 6.41. The smallest absolute Gasteiger partial charge is 0.655 e. The van der Waals surface area contributed by atoms with Crippen LogP contribution in [-0.2, 0) is 52.4 Å². The third-order valence-corrected chi connectivity index (χ3v) is 9.10. The molecule has 0 atom stereocenters. The van der Waals surface area contributed by atoms with Crippen molar-refractivity contribution in [2.75, 3.05) is 0 Å². The molecule has 0 aliphatic carbocycles. The SMILES string of the molecule is [Mg+2].[Mg+2].c1ccc(C[N-]Cc2ccccc2)cc1.c1ccc(C[N-]Cc2ccccc2)cc1.c1ccc(C[N-]Cc2ccccc2)cc1.c1ccc(C[N-]Cc2ccccc2)cc1. The number of benzene rings is 8. The fraction of sp³-hybridized carbons (Fsp3) is 0.143. The maximum Gasteiger partial charge on any atom is 2.00 e. The van der Waals surface area contributed by atoms with Crippen molar-refractivity contribution in [2.24, 2.45) is 0 Å². The van der Waals surface area contributed by atoms with Gasteiger partial charge in [-0.1, -0.05) is 287 Å². The molecule has 304 valence electrons. The fourth-order valence-electron chi connectivity index (χ4n) is 5.92. The number of rotatable bonds is 16. The minimum atomic E-state index is 0. The van der Waals surface area contributed by atoms with E-state index in [2.05, 4.69) is 118 Å². The van der Waals surface area contributed by atoms with Crippen LogP contribution >= 0.6 is 0 Å². The molecule has 0 saturated carbocycles. The first-order valence-corrected chi connectivity index (χ1v) is 20.6. The summed E-state index contributed by atoms with van der Waals surface area (Å²) in [5, 5.41) is 18.0. The van der Waals surface area contributed by atoms with Crippen LogP contribution in [0.15, 0.2) is 243 Å². The summed E-state index contributed by atoms with van der Waals surface area (Å²) >= 11 is 0. The van der Waals surface area contributed by atoms with E-state index in [-0.39, 0.29) is 46.1 Å². The van der Waals surface area contributed by atoms with E-state index in [9.17, 15) is 0 Å². The van der Waals surface area contributed by atoms with Crippen molar-refractivity contribution in [3.8, 4) is 0 Å². The van der Waals surface area contributed by atoms with Gasteiger partial charge in [0, 0.05) is 0 Å². The molecule has 0 aromatic heterocycles. The van der Waals surface area contributed by atoms with Gasteiger partial charge in [-0.05, 0) is 0 Å². The summed E-state index contributed by atoms with van der Waals surface area (Å²) in [6.07, 6.45) is 0. The van der Waals surface area contributed by atoms with E-state index in [1.54, 1.807) is 0 Å². The Hall–Kier alpha value is -4.87. The van der Waals surface area contributed by atoms with Gasteiger partial charge in [-0.3, -0.25) is 0 Å². The summed E-state index contributed by atoms with van der Waals surface area (Å²) in [5.74, 6) is 0. The number of nitrogens with zero attached hydrogens (tertiary/aromatic N) is 4. The van der Waals surface area contributed by atoms with Gasteiger partial charge < -0.3 is 21.3 Å². The van der Waals surface area contributed by atoms with Gasteiger partial charge in [0.15, 0.2) is 0 Å². The van der Waals surface area contributed by atoms with Crippen LogP contribution < -0.4 is 0 Å². The Morgan fingerprint density at radius 1 is 0.161 bits per heavy atom. The average molecular weight is 834 g/mol. The van der Waals surface area contributed by atoms with Crippen molar-refractivity contribution >= 4 is 46.1 Å². The molecule has 0 fully saturated rings. The normalized spacial score (nSPS) is 9.81. The Morgan fingerprint density at radius 2 is 0.258 bits per heavy atom. The second-order valence-corrected chi connectivity index (χ2v) is 14.0. The maximum atomic E-state index is 4.51. The summed E-state index contributed by atoms with van der Waals surface area (Å²) in [6, 6.07) is 82.7. The van der Waals surface area contributed by atoms with Crippen molar-refractivity contribution in [3.63, 3.8) is 0 Å². The molecule has 8 aromatic carbocycles. The molecular weight excluding hydrogens is 777 g/mol. The zero-order valence-corrected chi connectivity index (χ0v) is 38.8. The fourth-order valence-corrected chi connectivity index (χ4v) is 5.92.